The van der Waals surface area contributed by atoms with Crippen molar-refractivity contribution in [2.75, 3.05) is 0 Å². The number of hydrogen-bond acceptors (Lipinski definition) is 3. The molecule has 0 saturated carbocycles. The molecule has 0 aromatic carbocycles. The molecule has 94 valence electrons. The van der Waals surface area contributed by atoms with E-state index >= 15 is 0 Å². The van der Waals surface area contributed by atoms with E-state index in [9.17, 15) is 4.79 Å². The Hall–Kier alpha value is -1.68. The number of carbonyl (C=O) groups excluding carboxylic acids is 1. The lowest BCUT2D eigenvalue weighted by Gasteiger charge is -2.05. The van der Waals surface area contributed by atoms with Crippen molar-refractivity contribution < 1.29 is 4.79 Å². The molecule has 3 nitrogen and oxygen atoms in total. The summed E-state index contributed by atoms with van der Waals surface area (Å²) in [6.45, 7) is 2.54. The fraction of sp³-hybridized carbons (Fsp3) is 0.286. The van der Waals surface area contributed by atoms with Gasteiger partial charge in [0, 0.05) is 30.9 Å². The number of hydrogen-bond donors (Lipinski definition) is 1. The van der Waals surface area contributed by atoms with E-state index in [2.05, 4.69) is 27.8 Å². The molecule has 0 radical (unpaired) electrons. The van der Waals surface area contributed by atoms with Gasteiger partial charge in [0.2, 0.25) is 5.91 Å². The zero-order valence-corrected chi connectivity index (χ0v) is 11.2. The van der Waals surface area contributed by atoms with Crippen molar-refractivity contribution in [3.8, 4) is 11.1 Å². The van der Waals surface area contributed by atoms with Gasteiger partial charge < -0.3 is 5.32 Å². The molecule has 2 aromatic heterocycles. The Morgan fingerprint density at radius 1 is 1.39 bits per heavy atom. The summed E-state index contributed by atoms with van der Waals surface area (Å²) in [5.74, 6) is 0.0958. The Bertz CT molecular complexity index is 508. The van der Waals surface area contributed by atoms with Crippen molar-refractivity contribution >= 4 is 17.2 Å². The molecular formula is C14H16N2OS. The molecule has 0 spiro atoms. The Morgan fingerprint density at radius 2 is 2.28 bits per heavy atom. The number of nitrogens with zero attached hydrogens (tertiary/aromatic N) is 1. The zero-order chi connectivity index (χ0) is 12.8. The quantitative estimate of drug-likeness (QED) is 0.896. The third kappa shape index (κ3) is 3.40. The highest BCUT2D eigenvalue weighted by molar-refractivity contribution is 7.08. The highest BCUT2D eigenvalue weighted by Gasteiger charge is 2.02. The molecule has 1 N–H and O–H groups in total. The van der Waals surface area contributed by atoms with E-state index < -0.39 is 0 Å². The van der Waals surface area contributed by atoms with Gasteiger partial charge in [0.25, 0.3) is 0 Å². The van der Waals surface area contributed by atoms with Crippen molar-refractivity contribution in [1.29, 1.82) is 0 Å². The van der Waals surface area contributed by atoms with Crippen LogP contribution >= 0.6 is 11.3 Å². The summed E-state index contributed by atoms with van der Waals surface area (Å²) >= 11 is 1.67. The van der Waals surface area contributed by atoms with Gasteiger partial charge in [-0.25, -0.2) is 0 Å². The summed E-state index contributed by atoms with van der Waals surface area (Å²) in [4.78, 5) is 15.6. The number of rotatable bonds is 5. The highest BCUT2D eigenvalue weighted by atomic mass is 32.1. The first-order chi connectivity index (χ1) is 8.79. The van der Waals surface area contributed by atoms with Gasteiger partial charge in [0.15, 0.2) is 0 Å². The van der Waals surface area contributed by atoms with E-state index in [1.54, 1.807) is 17.5 Å². The predicted molar refractivity (Wildman–Crippen MR) is 74.3 cm³/mol. The van der Waals surface area contributed by atoms with E-state index in [1.807, 2.05) is 18.5 Å². The van der Waals surface area contributed by atoms with Gasteiger partial charge in [-0.3, -0.25) is 9.78 Å². The smallest absolute Gasteiger partial charge is 0.220 e. The molecule has 0 unspecified atom stereocenters. The average molecular weight is 260 g/mol. The molecule has 0 bridgehead atoms. The van der Waals surface area contributed by atoms with Crippen LogP contribution in [0.4, 0.5) is 0 Å². The summed E-state index contributed by atoms with van der Waals surface area (Å²) in [5.41, 5.74) is 3.30. The molecule has 2 rings (SSSR count). The van der Waals surface area contributed by atoms with Gasteiger partial charge in [-0.05, 0) is 40.4 Å². The van der Waals surface area contributed by atoms with E-state index in [4.69, 9.17) is 0 Å². The summed E-state index contributed by atoms with van der Waals surface area (Å²) in [7, 11) is 0. The molecule has 0 aliphatic heterocycles. The Kier molecular flexibility index (Phi) is 4.47. The van der Waals surface area contributed by atoms with Crippen molar-refractivity contribution in [3.05, 3.63) is 40.8 Å². The van der Waals surface area contributed by atoms with E-state index in [-0.39, 0.29) is 5.91 Å². The minimum absolute atomic E-state index is 0.0958. The fourth-order valence-corrected chi connectivity index (χ4v) is 2.35. The minimum Gasteiger partial charge on any atom is -0.352 e. The maximum absolute atomic E-state index is 11.4. The van der Waals surface area contributed by atoms with Gasteiger partial charge in [-0.15, -0.1) is 0 Å². The average Bonchev–Trinajstić information content (AvgIpc) is 2.91. The molecule has 0 fully saturated rings. The molecule has 0 aliphatic rings. The molecule has 0 atom stereocenters. The number of thiophene rings is 1. The van der Waals surface area contributed by atoms with Crippen LogP contribution in [0.1, 0.15) is 25.3 Å². The maximum Gasteiger partial charge on any atom is 0.220 e. The van der Waals surface area contributed by atoms with Gasteiger partial charge in [-0.2, -0.15) is 11.3 Å². The summed E-state index contributed by atoms with van der Waals surface area (Å²) in [6, 6.07) is 4.14. The number of carbonyl (C=O) groups is 1. The van der Waals surface area contributed by atoms with Crippen molar-refractivity contribution in [3.63, 3.8) is 0 Å². The molecule has 2 heterocycles. The van der Waals surface area contributed by atoms with Crippen molar-refractivity contribution in [2.45, 2.75) is 26.3 Å². The second kappa shape index (κ2) is 6.31. The molecule has 4 heteroatoms. The summed E-state index contributed by atoms with van der Waals surface area (Å²) in [6.07, 6.45) is 5.10. The SMILES string of the molecule is CCCC(=O)NCc1cncc(-c2ccsc2)c1. The molecule has 1 amide bonds. The third-order valence-corrected chi connectivity index (χ3v) is 3.30. The number of nitrogens with one attached hydrogen (secondary N) is 1. The second-order valence-corrected chi connectivity index (χ2v) is 4.90. The van der Waals surface area contributed by atoms with E-state index in [1.165, 1.54) is 5.56 Å². The monoisotopic (exact) mass is 260 g/mol. The zero-order valence-electron chi connectivity index (χ0n) is 10.3. The fourth-order valence-electron chi connectivity index (χ4n) is 1.69. The van der Waals surface area contributed by atoms with Crippen LogP contribution in [0.25, 0.3) is 11.1 Å². The first kappa shape index (κ1) is 12.8. The van der Waals surface area contributed by atoms with Crippen LogP contribution in [-0.4, -0.2) is 10.9 Å². The molecule has 18 heavy (non-hydrogen) atoms. The van der Waals surface area contributed by atoms with Crippen LogP contribution in [0, 0.1) is 0 Å². The predicted octanol–water partition coefficient (Wildman–Crippen LogP) is 3.23. The molecular weight excluding hydrogens is 244 g/mol. The van der Waals surface area contributed by atoms with E-state index in [0.717, 1.165) is 17.5 Å². The van der Waals surface area contributed by atoms with Gasteiger partial charge in [0.05, 0.1) is 0 Å². The largest absolute Gasteiger partial charge is 0.352 e. The Labute approximate surface area is 111 Å². The van der Waals surface area contributed by atoms with Gasteiger partial charge in [0.1, 0.15) is 0 Å². The lowest BCUT2D eigenvalue weighted by atomic mass is 10.1. The number of aromatic nitrogens is 1. The maximum atomic E-state index is 11.4. The molecule has 2 aromatic rings. The van der Waals surface area contributed by atoms with Crippen molar-refractivity contribution in [1.82, 2.24) is 10.3 Å². The first-order valence-corrected chi connectivity index (χ1v) is 6.97. The van der Waals surface area contributed by atoms with Crippen LogP contribution in [0.2, 0.25) is 0 Å². The van der Waals surface area contributed by atoms with Gasteiger partial charge in [-0.1, -0.05) is 6.92 Å². The Balaban J connectivity index is 2.02. The minimum atomic E-state index is 0.0958. The summed E-state index contributed by atoms with van der Waals surface area (Å²) < 4.78 is 0. The third-order valence-electron chi connectivity index (χ3n) is 2.62. The Morgan fingerprint density at radius 3 is 3.00 bits per heavy atom. The normalized spacial score (nSPS) is 10.3. The highest BCUT2D eigenvalue weighted by Crippen LogP contribution is 2.21. The van der Waals surface area contributed by atoms with Crippen LogP contribution in [0.3, 0.4) is 0 Å². The lowest BCUT2D eigenvalue weighted by molar-refractivity contribution is -0.121. The topological polar surface area (TPSA) is 42.0 Å². The van der Waals surface area contributed by atoms with E-state index in [0.29, 0.717) is 13.0 Å². The van der Waals surface area contributed by atoms with Crippen molar-refractivity contribution in [2.24, 2.45) is 0 Å². The molecule has 0 saturated heterocycles. The lowest BCUT2D eigenvalue weighted by Crippen LogP contribution is -2.22. The molecule has 0 aliphatic carbocycles. The number of pyridine rings is 1. The second-order valence-electron chi connectivity index (χ2n) is 4.12. The van der Waals surface area contributed by atoms with Crippen LogP contribution in [0.5, 0.6) is 0 Å². The van der Waals surface area contributed by atoms with Crippen LogP contribution in [-0.2, 0) is 11.3 Å². The van der Waals surface area contributed by atoms with Crippen LogP contribution < -0.4 is 5.32 Å². The standard InChI is InChI=1S/C14H16N2OS/c1-2-3-14(17)16-8-11-6-13(9-15-7-11)12-4-5-18-10-12/h4-7,9-10H,2-3,8H2,1H3,(H,16,17). The summed E-state index contributed by atoms with van der Waals surface area (Å²) in [5, 5.41) is 7.04. The van der Waals surface area contributed by atoms with Gasteiger partial charge >= 0.3 is 0 Å². The number of amides is 1. The first-order valence-electron chi connectivity index (χ1n) is 6.03. The van der Waals surface area contributed by atoms with Crippen LogP contribution in [0.15, 0.2) is 35.3 Å².